The summed E-state index contributed by atoms with van der Waals surface area (Å²) < 4.78 is 50.2. The lowest BCUT2D eigenvalue weighted by Gasteiger charge is -2.23. The Hall–Kier alpha value is -3.92. The van der Waals surface area contributed by atoms with Gasteiger partial charge in [-0.25, -0.2) is 4.39 Å². The number of benzene rings is 3. The molecule has 1 aliphatic rings. The lowest BCUT2D eigenvalue weighted by atomic mass is 10.1. The minimum absolute atomic E-state index is 0.0260. The first kappa shape index (κ1) is 25.2. The molecule has 0 aliphatic heterocycles. The molecule has 0 heterocycles. The Labute approximate surface area is 208 Å². The van der Waals surface area contributed by atoms with Crippen LogP contribution >= 0.6 is 0 Å². The third-order valence-corrected chi connectivity index (χ3v) is 6.81. The number of hydrogen-bond donors (Lipinski definition) is 1. The molecule has 1 aliphatic carbocycles. The molecule has 10 heteroatoms. The van der Waals surface area contributed by atoms with E-state index in [4.69, 9.17) is 8.92 Å². The molecule has 0 radical (unpaired) electrons. The lowest BCUT2D eigenvalue weighted by molar-refractivity contribution is -0.114. The van der Waals surface area contributed by atoms with Crippen molar-refractivity contribution in [1.82, 2.24) is 4.90 Å². The average molecular weight is 513 g/mol. The molecule has 188 valence electrons. The van der Waals surface area contributed by atoms with Crippen molar-refractivity contribution in [1.29, 1.82) is 0 Å². The maximum Gasteiger partial charge on any atom is 0.339 e. The van der Waals surface area contributed by atoms with E-state index in [1.165, 1.54) is 62.6 Å². The van der Waals surface area contributed by atoms with Crippen LogP contribution in [0.1, 0.15) is 35.7 Å². The molecule has 4 rings (SSSR count). The van der Waals surface area contributed by atoms with Crippen LogP contribution in [-0.4, -0.2) is 38.3 Å². The maximum atomic E-state index is 13.7. The zero-order valence-electron chi connectivity index (χ0n) is 19.7. The predicted molar refractivity (Wildman–Crippen MR) is 131 cm³/mol. The van der Waals surface area contributed by atoms with Gasteiger partial charge < -0.3 is 19.1 Å². The summed E-state index contributed by atoms with van der Waals surface area (Å²) in [4.78, 5) is 25.8. The van der Waals surface area contributed by atoms with Gasteiger partial charge in [0, 0.05) is 30.8 Å². The van der Waals surface area contributed by atoms with E-state index in [-0.39, 0.29) is 46.4 Å². The van der Waals surface area contributed by atoms with Gasteiger partial charge in [-0.05, 0) is 73.0 Å². The molecule has 0 unspecified atom stereocenters. The Kier molecular flexibility index (Phi) is 7.25. The first-order valence-electron chi connectivity index (χ1n) is 11.2. The van der Waals surface area contributed by atoms with Gasteiger partial charge in [-0.2, -0.15) is 8.42 Å². The molecule has 2 amide bonds. The zero-order valence-corrected chi connectivity index (χ0v) is 20.5. The Morgan fingerprint density at radius 2 is 1.75 bits per heavy atom. The van der Waals surface area contributed by atoms with E-state index in [0.717, 1.165) is 12.8 Å². The minimum Gasteiger partial charge on any atom is -0.493 e. The number of carbonyl (C=O) groups is 2. The number of nitrogens with zero attached hydrogens (tertiary/aromatic N) is 1. The quantitative estimate of drug-likeness (QED) is 0.428. The summed E-state index contributed by atoms with van der Waals surface area (Å²) in [6.07, 6.45) is 1.67. The van der Waals surface area contributed by atoms with E-state index in [9.17, 15) is 22.4 Å². The zero-order chi connectivity index (χ0) is 25.9. The molecule has 3 aromatic rings. The summed E-state index contributed by atoms with van der Waals surface area (Å²) in [6.45, 7) is 1.54. The Bertz CT molecular complexity index is 1390. The molecule has 1 fully saturated rings. The number of halogens is 1. The summed E-state index contributed by atoms with van der Waals surface area (Å²) in [6, 6.07) is 15.9. The van der Waals surface area contributed by atoms with Gasteiger partial charge in [-0.15, -0.1) is 0 Å². The molecule has 0 atom stereocenters. The maximum absolute atomic E-state index is 13.7. The van der Waals surface area contributed by atoms with Gasteiger partial charge in [0.25, 0.3) is 5.91 Å². The third kappa shape index (κ3) is 6.01. The van der Waals surface area contributed by atoms with Gasteiger partial charge in [0.05, 0.1) is 7.11 Å². The number of anilines is 1. The SMILES string of the molecule is COc1ccc(CN(C(=O)c2cccc(F)c2)C2CC2)cc1OS(=O)(=O)c1ccc(NC(C)=O)cc1. The fraction of sp³-hybridized carbons (Fsp3) is 0.231. The molecule has 36 heavy (non-hydrogen) atoms. The van der Waals surface area contributed by atoms with Crippen molar-refractivity contribution in [2.24, 2.45) is 0 Å². The molecule has 8 nitrogen and oxygen atoms in total. The molecule has 1 saturated carbocycles. The van der Waals surface area contributed by atoms with Crippen molar-refractivity contribution in [2.45, 2.75) is 37.2 Å². The predicted octanol–water partition coefficient (Wildman–Crippen LogP) is 4.37. The van der Waals surface area contributed by atoms with E-state index in [2.05, 4.69) is 5.32 Å². The standard InChI is InChI=1S/C26H25FN2O6S/c1-17(30)28-21-7-11-23(12-8-21)36(32,33)35-25-14-18(6-13-24(25)34-2)16-29(22-9-10-22)26(31)19-4-3-5-20(27)15-19/h3-8,11-15,22H,9-10,16H2,1-2H3,(H,28,30). The number of hydrogen-bond acceptors (Lipinski definition) is 6. The highest BCUT2D eigenvalue weighted by molar-refractivity contribution is 7.87. The van der Waals surface area contributed by atoms with Crippen LogP contribution in [0.4, 0.5) is 10.1 Å². The van der Waals surface area contributed by atoms with Crippen molar-refractivity contribution in [3.63, 3.8) is 0 Å². The Morgan fingerprint density at radius 3 is 2.36 bits per heavy atom. The second kappa shape index (κ2) is 10.4. The van der Waals surface area contributed by atoms with Gasteiger partial charge in [-0.3, -0.25) is 9.59 Å². The molecule has 0 spiro atoms. The van der Waals surface area contributed by atoms with Gasteiger partial charge in [-0.1, -0.05) is 12.1 Å². The number of methoxy groups -OCH3 is 1. The number of rotatable bonds is 9. The number of amides is 2. The molecule has 1 N–H and O–H groups in total. The van der Waals surface area contributed by atoms with E-state index in [1.54, 1.807) is 23.1 Å². The second-order valence-corrected chi connectivity index (χ2v) is 9.95. The monoisotopic (exact) mass is 512 g/mol. The fourth-order valence-electron chi connectivity index (χ4n) is 3.70. The lowest BCUT2D eigenvalue weighted by Crippen LogP contribution is -2.32. The molecular formula is C26H25FN2O6S. The topological polar surface area (TPSA) is 102 Å². The fourth-order valence-corrected chi connectivity index (χ4v) is 4.63. The van der Waals surface area contributed by atoms with Crippen molar-refractivity contribution in [3.05, 3.63) is 83.7 Å². The van der Waals surface area contributed by atoms with Crippen molar-refractivity contribution < 1.29 is 31.3 Å². The summed E-state index contributed by atoms with van der Waals surface area (Å²) in [5, 5.41) is 2.57. The van der Waals surface area contributed by atoms with Crippen LogP contribution in [-0.2, 0) is 21.5 Å². The Morgan fingerprint density at radius 1 is 1.03 bits per heavy atom. The van der Waals surface area contributed by atoms with Crippen molar-refractivity contribution in [2.75, 3.05) is 12.4 Å². The molecule has 0 bridgehead atoms. The number of ether oxygens (including phenoxy) is 1. The van der Waals surface area contributed by atoms with Crippen LogP contribution in [0.5, 0.6) is 11.5 Å². The van der Waals surface area contributed by atoms with Crippen LogP contribution in [0, 0.1) is 5.82 Å². The molecule has 0 saturated heterocycles. The highest BCUT2D eigenvalue weighted by Gasteiger charge is 2.33. The number of nitrogens with one attached hydrogen (secondary N) is 1. The van der Waals surface area contributed by atoms with Crippen LogP contribution in [0.2, 0.25) is 0 Å². The van der Waals surface area contributed by atoms with Crippen LogP contribution in [0.25, 0.3) is 0 Å². The van der Waals surface area contributed by atoms with Gasteiger partial charge in [0.15, 0.2) is 11.5 Å². The second-order valence-electron chi connectivity index (χ2n) is 8.40. The molecule has 3 aromatic carbocycles. The van der Waals surface area contributed by atoms with Gasteiger partial charge >= 0.3 is 10.1 Å². The number of carbonyl (C=O) groups excluding carboxylic acids is 2. The summed E-state index contributed by atoms with van der Waals surface area (Å²) in [5.74, 6) is -0.907. The smallest absolute Gasteiger partial charge is 0.339 e. The van der Waals surface area contributed by atoms with E-state index in [0.29, 0.717) is 11.3 Å². The van der Waals surface area contributed by atoms with Crippen molar-refractivity contribution >= 4 is 27.6 Å². The van der Waals surface area contributed by atoms with Crippen molar-refractivity contribution in [3.8, 4) is 11.5 Å². The summed E-state index contributed by atoms with van der Waals surface area (Å²) >= 11 is 0. The van der Waals surface area contributed by atoms with E-state index in [1.807, 2.05) is 0 Å². The van der Waals surface area contributed by atoms with Gasteiger partial charge in [0.1, 0.15) is 10.7 Å². The van der Waals surface area contributed by atoms with E-state index >= 15 is 0 Å². The third-order valence-electron chi connectivity index (χ3n) is 5.56. The average Bonchev–Trinajstić information content (AvgIpc) is 3.67. The normalized spacial score (nSPS) is 13.1. The van der Waals surface area contributed by atoms with Gasteiger partial charge in [0.2, 0.25) is 5.91 Å². The van der Waals surface area contributed by atoms with Crippen LogP contribution in [0.15, 0.2) is 71.6 Å². The summed E-state index contributed by atoms with van der Waals surface area (Å²) in [7, 11) is -2.83. The first-order valence-corrected chi connectivity index (χ1v) is 12.6. The Balaban J connectivity index is 1.57. The van der Waals surface area contributed by atoms with E-state index < -0.39 is 15.9 Å². The first-order chi connectivity index (χ1) is 17.2. The van der Waals surface area contributed by atoms with Crippen LogP contribution in [0.3, 0.4) is 0 Å². The molecular weight excluding hydrogens is 487 g/mol. The minimum atomic E-state index is -4.22. The molecule has 0 aromatic heterocycles. The summed E-state index contributed by atoms with van der Waals surface area (Å²) in [5.41, 5.74) is 1.32. The van der Waals surface area contributed by atoms with Crippen LogP contribution < -0.4 is 14.2 Å². The highest BCUT2D eigenvalue weighted by Crippen LogP contribution is 2.34. The highest BCUT2D eigenvalue weighted by atomic mass is 32.2. The largest absolute Gasteiger partial charge is 0.493 e.